The average molecular weight is 591 g/mol. The predicted octanol–water partition coefficient (Wildman–Crippen LogP) is 6.97. The molecule has 1 aliphatic rings. The first-order valence-corrected chi connectivity index (χ1v) is 12.7. The number of hydrogen-bond acceptors (Lipinski definition) is 5. The lowest BCUT2D eigenvalue weighted by atomic mass is 10.2. The summed E-state index contributed by atoms with van der Waals surface area (Å²) in [5.41, 5.74) is 3.01. The van der Waals surface area contributed by atoms with Gasteiger partial charge in [0, 0.05) is 15.7 Å². The summed E-state index contributed by atoms with van der Waals surface area (Å²) in [6.45, 7) is 1.72. The highest BCUT2D eigenvalue weighted by Gasteiger charge is 2.24. The molecule has 1 fully saturated rings. The Bertz CT molecular complexity index is 1360. The predicted molar refractivity (Wildman–Crippen MR) is 147 cm³/mol. The Morgan fingerprint density at radius 2 is 1.91 bits per heavy atom. The van der Waals surface area contributed by atoms with E-state index in [9.17, 15) is 9.59 Å². The molecule has 2 amide bonds. The molecule has 0 unspecified atom stereocenters. The van der Waals surface area contributed by atoms with E-state index in [0.717, 1.165) is 11.1 Å². The van der Waals surface area contributed by atoms with Crippen LogP contribution < -0.4 is 15.4 Å². The Kier molecular flexibility index (Phi) is 8.18. The lowest BCUT2D eigenvalue weighted by molar-refractivity contribution is -0.118. The van der Waals surface area contributed by atoms with Crippen molar-refractivity contribution in [2.75, 3.05) is 11.9 Å². The number of nitrogens with one attached hydrogen (secondary N) is 2. The maximum absolute atomic E-state index is 12.4. The number of nitrogens with zero attached hydrogens (tertiary/aromatic N) is 1. The van der Waals surface area contributed by atoms with Gasteiger partial charge in [0.2, 0.25) is 0 Å². The fraction of sp³-hybridized carbons (Fsp3) is 0.0800. The van der Waals surface area contributed by atoms with Crippen LogP contribution in [-0.2, 0) is 9.59 Å². The zero-order valence-electron chi connectivity index (χ0n) is 18.3. The van der Waals surface area contributed by atoms with Crippen molar-refractivity contribution in [3.8, 4) is 5.75 Å². The number of aliphatic imine (C=N–C) groups is 1. The van der Waals surface area contributed by atoms with Crippen molar-refractivity contribution in [3.05, 3.63) is 91.2 Å². The third kappa shape index (κ3) is 6.89. The van der Waals surface area contributed by atoms with Gasteiger partial charge in [0.15, 0.2) is 11.8 Å². The van der Waals surface area contributed by atoms with E-state index in [0.29, 0.717) is 41.7 Å². The third-order valence-corrected chi connectivity index (χ3v) is 6.96. The first-order valence-electron chi connectivity index (χ1n) is 10.3. The van der Waals surface area contributed by atoms with Crippen LogP contribution in [0.15, 0.2) is 75.0 Å². The number of anilines is 1. The number of amidine groups is 1. The van der Waals surface area contributed by atoms with Crippen LogP contribution in [0.2, 0.25) is 10.0 Å². The standard InChI is InChI=1S/C25H18BrCl2N3O3S/c1-14-2-6-18(12-20(14)28)29-23(32)13-34-21-9-3-15(10-19(21)26)11-22-24(33)31-25(35-22)30-17-7-4-16(27)5-8-17/h2-12H,13H2,1H3,(H,29,32)(H,30,31,33)/b22-11-. The summed E-state index contributed by atoms with van der Waals surface area (Å²) < 4.78 is 6.29. The Labute approximate surface area is 224 Å². The number of ether oxygens (including phenoxy) is 1. The van der Waals surface area contributed by atoms with Gasteiger partial charge in [0.05, 0.1) is 15.1 Å². The summed E-state index contributed by atoms with van der Waals surface area (Å²) in [6.07, 6.45) is 1.76. The number of amides is 2. The molecule has 0 atom stereocenters. The summed E-state index contributed by atoms with van der Waals surface area (Å²) >= 11 is 16.7. The third-order valence-electron chi connectivity index (χ3n) is 4.78. The van der Waals surface area contributed by atoms with Crippen LogP contribution in [0.25, 0.3) is 6.08 Å². The fourth-order valence-electron chi connectivity index (χ4n) is 3.00. The molecular weight excluding hydrogens is 573 g/mol. The number of aryl methyl sites for hydroxylation is 1. The Morgan fingerprint density at radius 3 is 2.63 bits per heavy atom. The quantitative estimate of drug-likeness (QED) is 0.304. The number of rotatable bonds is 6. The summed E-state index contributed by atoms with van der Waals surface area (Å²) in [5.74, 6) is -0.0423. The highest BCUT2D eigenvalue weighted by molar-refractivity contribution is 9.10. The number of carbonyl (C=O) groups is 2. The summed E-state index contributed by atoms with van der Waals surface area (Å²) in [6, 6.07) is 17.7. The summed E-state index contributed by atoms with van der Waals surface area (Å²) in [4.78, 5) is 29.5. The van der Waals surface area contributed by atoms with Gasteiger partial charge < -0.3 is 15.4 Å². The van der Waals surface area contributed by atoms with Crippen molar-refractivity contribution in [1.82, 2.24) is 5.32 Å². The number of thioether (sulfide) groups is 1. The Morgan fingerprint density at radius 1 is 1.14 bits per heavy atom. The molecule has 3 aromatic rings. The molecule has 4 rings (SSSR count). The molecule has 1 saturated heterocycles. The van der Waals surface area contributed by atoms with E-state index in [1.54, 1.807) is 54.6 Å². The number of benzene rings is 3. The molecule has 0 saturated carbocycles. The van der Waals surface area contributed by atoms with Gasteiger partial charge in [-0.15, -0.1) is 0 Å². The van der Waals surface area contributed by atoms with Crippen LogP contribution in [0.3, 0.4) is 0 Å². The van der Waals surface area contributed by atoms with Gasteiger partial charge in [-0.3, -0.25) is 9.59 Å². The zero-order chi connectivity index (χ0) is 24.9. The molecule has 0 spiro atoms. The minimum Gasteiger partial charge on any atom is -0.483 e. The number of carbonyl (C=O) groups excluding carboxylic acids is 2. The van der Waals surface area contributed by atoms with E-state index >= 15 is 0 Å². The second-order valence-electron chi connectivity index (χ2n) is 7.45. The summed E-state index contributed by atoms with van der Waals surface area (Å²) in [5, 5.41) is 7.19. The topological polar surface area (TPSA) is 79.8 Å². The average Bonchev–Trinajstić information content (AvgIpc) is 3.15. The molecule has 2 N–H and O–H groups in total. The van der Waals surface area contributed by atoms with Crippen molar-refractivity contribution in [3.63, 3.8) is 0 Å². The largest absolute Gasteiger partial charge is 0.483 e. The molecule has 6 nitrogen and oxygen atoms in total. The van der Waals surface area contributed by atoms with Crippen LogP contribution in [0.1, 0.15) is 11.1 Å². The monoisotopic (exact) mass is 589 g/mol. The normalized spacial score (nSPS) is 15.4. The van der Waals surface area contributed by atoms with Crippen molar-refractivity contribution in [1.29, 1.82) is 0 Å². The van der Waals surface area contributed by atoms with Crippen molar-refractivity contribution in [2.45, 2.75) is 6.92 Å². The fourth-order valence-corrected chi connectivity index (χ4v) is 4.66. The molecule has 1 heterocycles. The van der Waals surface area contributed by atoms with Crippen LogP contribution in [0.4, 0.5) is 11.4 Å². The molecule has 0 aromatic heterocycles. The molecule has 1 aliphatic heterocycles. The van der Waals surface area contributed by atoms with Gasteiger partial charge in [-0.2, -0.15) is 0 Å². The minimum atomic E-state index is -0.311. The van der Waals surface area contributed by atoms with Crippen LogP contribution in [-0.4, -0.2) is 23.6 Å². The Hall–Kier alpha value is -2.78. The molecule has 178 valence electrons. The molecular formula is C25H18BrCl2N3O3S. The van der Waals surface area contributed by atoms with Crippen LogP contribution in [0.5, 0.6) is 5.75 Å². The maximum atomic E-state index is 12.4. The van der Waals surface area contributed by atoms with Crippen molar-refractivity contribution in [2.24, 2.45) is 4.99 Å². The SMILES string of the molecule is Cc1ccc(NC(=O)COc2ccc(/C=C3\SC(=Nc4ccc(Cl)cc4)NC3=O)cc2Br)cc1Cl. The molecule has 0 bridgehead atoms. The van der Waals surface area contributed by atoms with Gasteiger partial charge in [0.25, 0.3) is 11.8 Å². The highest BCUT2D eigenvalue weighted by Crippen LogP contribution is 2.31. The number of halogens is 3. The van der Waals surface area contributed by atoms with E-state index in [1.165, 1.54) is 11.8 Å². The van der Waals surface area contributed by atoms with E-state index in [-0.39, 0.29) is 18.4 Å². The molecule has 10 heteroatoms. The van der Waals surface area contributed by atoms with Crippen LogP contribution >= 0.6 is 50.9 Å². The van der Waals surface area contributed by atoms with Gasteiger partial charge in [0.1, 0.15) is 5.75 Å². The molecule has 0 radical (unpaired) electrons. The van der Waals surface area contributed by atoms with E-state index < -0.39 is 0 Å². The van der Waals surface area contributed by atoms with Gasteiger partial charge in [-0.25, -0.2) is 4.99 Å². The molecule has 0 aliphatic carbocycles. The van der Waals surface area contributed by atoms with Gasteiger partial charge >= 0.3 is 0 Å². The number of hydrogen-bond donors (Lipinski definition) is 2. The Balaban J connectivity index is 1.37. The second-order valence-corrected chi connectivity index (χ2v) is 10.2. The second kappa shape index (κ2) is 11.3. The van der Waals surface area contributed by atoms with E-state index in [4.69, 9.17) is 27.9 Å². The van der Waals surface area contributed by atoms with Crippen molar-refractivity contribution >= 4 is 85.3 Å². The zero-order valence-corrected chi connectivity index (χ0v) is 22.2. The highest BCUT2D eigenvalue weighted by atomic mass is 79.9. The maximum Gasteiger partial charge on any atom is 0.264 e. The van der Waals surface area contributed by atoms with E-state index in [2.05, 4.69) is 31.6 Å². The van der Waals surface area contributed by atoms with Crippen molar-refractivity contribution < 1.29 is 14.3 Å². The first kappa shape index (κ1) is 25.3. The molecule has 3 aromatic carbocycles. The van der Waals surface area contributed by atoms with Crippen LogP contribution in [0, 0.1) is 6.92 Å². The lowest BCUT2D eigenvalue weighted by Gasteiger charge is -2.10. The molecule has 35 heavy (non-hydrogen) atoms. The first-order chi connectivity index (χ1) is 16.8. The lowest BCUT2D eigenvalue weighted by Crippen LogP contribution is -2.20. The van der Waals surface area contributed by atoms with E-state index in [1.807, 2.05) is 19.1 Å². The van der Waals surface area contributed by atoms with Gasteiger partial charge in [-0.1, -0.05) is 35.3 Å². The van der Waals surface area contributed by atoms with Gasteiger partial charge in [-0.05, 0) is 100 Å². The minimum absolute atomic E-state index is 0.173. The summed E-state index contributed by atoms with van der Waals surface area (Å²) in [7, 11) is 0. The smallest absolute Gasteiger partial charge is 0.264 e.